The number of rotatable bonds is 6. The second-order valence-corrected chi connectivity index (χ2v) is 6.86. The zero-order chi connectivity index (χ0) is 22.5. The number of nitrogens with zero attached hydrogens (tertiary/aromatic N) is 2. The van der Waals surface area contributed by atoms with Crippen LogP contribution < -0.4 is 4.74 Å². The summed E-state index contributed by atoms with van der Waals surface area (Å²) in [6, 6.07) is 22.6. The Balaban J connectivity index is 1.78. The number of amides is 1. The molecule has 0 aromatic heterocycles. The van der Waals surface area contributed by atoms with Crippen molar-refractivity contribution in [1.82, 2.24) is 4.90 Å². The first-order chi connectivity index (χ1) is 15.5. The van der Waals surface area contributed by atoms with E-state index in [9.17, 15) is 19.7 Å². The number of cyclic esters (lactones) is 1. The molecule has 1 saturated heterocycles. The number of para-hydroxylation sites is 1. The van der Waals surface area contributed by atoms with Crippen LogP contribution in [0.4, 0.5) is 10.5 Å². The Hall–Kier alpha value is -4.46. The molecule has 0 aliphatic carbocycles. The van der Waals surface area contributed by atoms with Crippen LogP contribution in [0.5, 0.6) is 5.75 Å². The molecule has 8 nitrogen and oxygen atoms in total. The first-order valence-electron chi connectivity index (χ1n) is 9.69. The van der Waals surface area contributed by atoms with Crippen LogP contribution in [0.15, 0.2) is 84.9 Å². The van der Waals surface area contributed by atoms with Gasteiger partial charge in [0.25, 0.3) is 5.69 Å². The molecule has 3 aromatic rings. The van der Waals surface area contributed by atoms with Crippen LogP contribution in [0.3, 0.4) is 0 Å². The van der Waals surface area contributed by atoms with E-state index in [1.807, 2.05) is 30.3 Å². The highest BCUT2D eigenvalue weighted by Gasteiger charge is 2.38. The van der Waals surface area contributed by atoms with Crippen molar-refractivity contribution in [2.45, 2.75) is 6.04 Å². The molecule has 0 saturated carbocycles. The molecule has 4 rings (SSSR count). The molecule has 0 N–H and O–H groups in total. The lowest BCUT2D eigenvalue weighted by Crippen LogP contribution is -2.27. The van der Waals surface area contributed by atoms with Crippen LogP contribution in [0.1, 0.15) is 17.2 Å². The fraction of sp³-hybridized carbons (Fsp3) is 0.0833. The number of carbonyl (C=O) groups is 2. The summed E-state index contributed by atoms with van der Waals surface area (Å²) in [7, 11) is 0. The van der Waals surface area contributed by atoms with Gasteiger partial charge in [0.1, 0.15) is 18.4 Å². The molecule has 1 amide bonds. The second-order valence-electron chi connectivity index (χ2n) is 6.86. The van der Waals surface area contributed by atoms with Crippen molar-refractivity contribution in [3.8, 4) is 5.75 Å². The molecule has 1 aliphatic rings. The zero-order valence-corrected chi connectivity index (χ0v) is 16.7. The molecule has 1 heterocycles. The predicted molar refractivity (Wildman–Crippen MR) is 114 cm³/mol. The summed E-state index contributed by atoms with van der Waals surface area (Å²) in [6.07, 6.45) is 1.88. The SMILES string of the molecule is O=C([C]=C(c1cccc([N+](=O)[O-])c1)N1C(=O)OC[C@H]1c1ccccc1)Oc1ccccc1. The second kappa shape index (κ2) is 9.13. The van der Waals surface area contributed by atoms with Gasteiger partial charge in [-0.05, 0) is 17.7 Å². The molecule has 32 heavy (non-hydrogen) atoms. The number of hydrogen-bond acceptors (Lipinski definition) is 6. The van der Waals surface area contributed by atoms with Crippen LogP contribution in [-0.4, -0.2) is 28.5 Å². The zero-order valence-electron chi connectivity index (χ0n) is 16.7. The van der Waals surface area contributed by atoms with E-state index in [1.165, 1.54) is 23.1 Å². The molecule has 1 aliphatic heterocycles. The molecule has 0 bridgehead atoms. The first-order valence-corrected chi connectivity index (χ1v) is 9.69. The monoisotopic (exact) mass is 429 g/mol. The van der Waals surface area contributed by atoms with Gasteiger partial charge in [-0.1, -0.05) is 60.7 Å². The van der Waals surface area contributed by atoms with Gasteiger partial charge >= 0.3 is 12.1 Å². The highest BCUT2D eigenvalue weighted by atomic mass is 16.6. The molecule has 1 radical (unpaired) electrons. The van der Waals surface area contributed by atoms with E-state index in [0.29, 0.717) is 5.75 Å². The number of nitro benzene ring substituents is 1. The van der Waals surface area contributed by atoms with Crippen molar-refractivity contribution in [3.05, 3.63) is 112 Å². The minimum absolute atomic E-state index is 0.0194. The number of hydrogen-bond donors (Lipinski definition) is 0. The summed E-state index contributed by atoms with van der Waals surface area (Å²) >= 11 is 0. The minimum atomic E-state index is -0.857. The average molecular weight is 429 g/mol. The van der Waals surface area contributed by atoms with Crippen molar-refractivity contribution < 1.29 is 24.0 Å². The summed E-state index contributed by atoms with van der Waals surface area (Å²) in [5, 5.41) is 11.3. The maximum Gasteiger partial charge on any atom is 0.415 e. The first kappa shape index (κ1) is 20.8. The fourth-order valence-corrected chi connectivity index (χ4v) is 3.35. The van der Waals surface area contributed by atoms with E-state index in [2.05, 4.69) is 6.08 Å². The van der Waals surface area contributed by atoms with E-state index in [4.69, 9.17) is 9.47 Å². The lowest BCUT2D eigenvalue weighted by molar-refractivity contribution is -0.384. The van der Waals surface area contributed by atoms with Crippen molar-refractivity contribution in [2.75, 3.05) is 6.61 Å². The van der Waals surface area contributed by atoms with Gasteiger partial charge in [-0.3, -0.25) is 15.0 Å². The number of non-ortho nitro benzene ring substituents is 1. The Morgan fingerprint density at radius 2 is 1.72 bits per heavy atom. The van der Waals surface area contributed by atoms with Crippen LogP contribution in [0, 0.1) is 16.2 Å². The van der Waals surface area contributed by atoms with Gasteiger partial charge in [-0.2, -0.15) is 0 Å². The third kappa shape index (κ3) is 4.49. The van der Waals surface area contributed by atoms with Gasteiger partial charge in [0, 0.05) is 17.7 Å². The van der Waals surface area contributed by atoms with Crippen molar-refractivity contribution in [1.29, 1.82) is 0 Å². The molecule has 0 spiro atoms. The summed E-state index contributed by atoms with van der Waals surface area (Å²) < 4.78 is 10.5. The summed E-state index contributed by atoms with van der Waals surface area (Å²) in [6.45, 7) is 0.0523. The largest absolute Gasteiger partial charge is 0.447 e. The average Bonchev–Trinajstić information content (AvgIpc) is 3.20. The Labute approximate surface area is 183 Å². The quantitative estimate of drug-likeness (QED) is 0.188. The van der Waals surface area contributed by atoms with Gasteiger partial charge in [-0.25, -0.2) is 9.59 Å². The van der Waals surface area contributed by atoms with Crippen molar-refractivity contribution >= 4 is 23.4 Å². The lowest BCUT2D eigenvalue weighted by Gasteiger charge is -2.24. The summed E-state index contributed by atoms with van der Waals surface area (Å²) in [4.78, 5) is 37.3. The highest BCUT2D eigenvalue weighted by Crippen LogP contribution is 2.36. The molecule has 0 unspecified atom stereocenters. The van der Waals surface area contributed by atoms with E-state index in [-0.39, 0.29) is 23.6 Å². The number of benzene rings is 3. The molecular formula is C24H17N2O6. The Morgan fingerprint density at radius 1 is 1.03 bits per heavy atom. The summed E-state index contributed by atoms with van der Waals surface area (Å²) in [5.41, 5.74) is 0.858. The number of nitro groups is 1. The van der Waals surface area contributed by atoms with Crippen molar-refractivity contribution in [2.24, 2.45) is 0 Å². The molecular weight excluding hydrogens is 412 g/mol. The van der Waals surface area contributed by atoms with Gasteiger partial charge < -0.3 is 9.47 Å². The molecule has 3 aromatic carbocycles. The van der Waals surface area contributed by atoms with Gasteiger partial charge in [0.15, 0.2) is 0 Å². The molecule has 1 atom stereocenters. The number of carbonyl (C=O) groups excluding carboxylic acids is 2. The normalized spacial score (nSPS) is 15.9. The maximum absolute atomic E-state index is 12.7. The van der Waals surface area contributed by atoms with Crippen LogP contribution in [-0.2, 0) is 9.53 Å². The maximum atomic E-state index is 12.7. The Kier molecular flexibility index (Phi) is 5.94. The number of esters is 1. The fourth-order valence-electron chi connectivity index (χ4n) is 3.35. The van der Waals surface area contributed by atoms with Crippen LogP contribution in [0.2, 0.25) is 0 Å². The van der Waals surface area contributed by atoms with E-state index >= 15 is 0 Å². The standard InChI is InChI=1S/C24H17N2O6/c27-23(32-20-12-5-2-6-13-20)15-21(18-10-7-11-19(14-18)26(29)30)25-22(16-31-24(25)28)17-8-3-1-4-9-17/h1-14,22H,16H2/t22-/m0/s1. The summed E-state index contributed by atoms with van der Waals surface area (Å²) in [5.74, 6) is -0.559. The van der Waals surface area contributed by atoms with Crippen LogP contribution in [0.25, 0.3) is 5.70 Å². The Bertz CT molecular complexity index is 1180. The third-order valence-corrected chi connectivity index (χ3v) is 4.80. The highest BCUT2D eigenvalue weighted by molar-refractivity contribution is 5.93. The predicted octanol–water partition coefficient (Wildman–Crippen LogP) is 4.54. The van der Waals surface area contributed by atoms with E-state index in [1.54, 1.807) is 36.4 Å². The lowest BCUT2D eigenvalue weighted by atomic mass is 10.0. The van der Waals surface area contributed by atoms with E-state index in [0.717, 1.165) is 5.56 Å². The van der Waals surface area contributed by atoms with Gasteiger partial charge in [0.05, 0.1) is 16.7 Å². The molecule has 1 fully saturated rings. The van der Waals surface area contributed by atoms with E-state index < -0.39 is 23.0 Å². The van der Waals surface area contributed by atoms with Crippen molar-refractivity contribution in [3.63, 3.8) is 0 Å². The molecule has 159 valence electrons. The molecule has 8 heteroatoms. The third-order valence-electron chi connectivity index (χ3n) is 4.80. The Morgan fingerprint density at radius 3 is 2.41 bits per heavy atom. The van der Waals surface area contributed by atoms with Crippen LogP contribution >= 0.6 is 0 Å². The number of ether oxygens (including phenoxy) is 2. The minimum Gasteiger partial charge on any atom is -0.447 e. The van der Waals surface area contributed by atoms with Gasteiger partial charge in [-0.15, -0.1) is 0 Å². The topological polar surface area (TPSA) is 99.0 Å². The smallest absolute Gasteiger partial charge is 0.415 e. The van der Waals surface area contributed by atoms with Gasteiger partial charge in [0.2, 0.25) is 0 Å².